The molecule has 0 aromatic heterocycles. The highest BCUT2D eigenvalue weighted by molar-refractivity contribution is 5.93. The minimum atomic E-state index is -0.401. The van der Waals surface area contributed by atoms with E-state index in [1.807, 2.05) is 76.2 Å². The van der Waals surface area contributed by atoms with Crippen molar-refractivity contribution >= 4 is 11.6 Å². The Bertz CT molecular complexity index is 3530. The van der Waals surface area contributed by atoms with Gasteiger partial charge in [0, 0.05) is 0 Å². The number of benzene rings is 8. The first kappa shape index (κ1) is 63.3. The van der Waals surface area contributed by atoms with Crippen LogP contribution in [0.15, 0.2) is 278 Å². The van der Waals surface area contributed by atoms with Gasteiger partial charge < -0.3 is 0 Å². The Kier molecular flexibility index (Phi) is 24.0. The third-order valence-electron chi connectivity index (χ3n) is 16.3. The summed E-state index contributed by atoms with van der Waals surface area (Å²) in [6.45, 7) is 29.4. The molecule has 0 radical (unpaired) electrons. The number of hydrogen-bond acceptors (Lipinski definition) is 0. The number of aryl methyl sites for hydroxylation is 4. The Morgan fingerprint density at radius 3 is 1.63 bits per heavy atom. The molecule has 0 heteroatoms. The van der Waals surface area contributed by atoms with Gasteiger partial charge in [-0.3, -0.25) is 0 Å². The van der Waals surface area contributed by atoms with E-state index in [4.69, 9.17) is 0 Å². The fraction of sp³-hybridized carbons (Fsp3) is 0.238. The Hall–Kier alpha value is -8.32. The van der Waals surface area contributed by atoms with Crippen LogP contribution in [0.2, 0.25) is 0 Å². The van der Waals surface area contributed by atoms with Gasteiger partial charge in [-0.1, -0.05) is 302 Å². The minimum Gasteiger partial charge on any atom is -0.0988 e. The molecule has 428 valence electrons. The zero-order chi connectivity index (χ0) is 59.8. The van der Waals surface area contributed by atoms with Gasteiger partial charge in [0.2, 0.25) is 0 Å². The molecule has 0 heterocycles. The van der Waals surface area contributed by atoms with E-state index in [1.165, 1.54) is 129 Å². The van der Waals surface area contributed by atoms with Gasteiger partial charge in [-0.15, -0.1) is 0 Å². The fourth-order valence-corrected chi connectivity index (χ4v) is 12.3. The van der Waals surface area contributed by atoms with E-state index in [0.29, 0.717) is 0 Å². The Morgan fingerprint density at radius 2 is 1.10 bits per heavy atom. The topological polar surface area (TPSA) is 0 Å². The van der Waals surface area contributed by atoms with Crippen molar-refractivity contribution in [2.75, 3.05) is 0 Å². The Balaban J connectivity index is 0.000000221. The van der Waals surface area contributed by atoms with Crippen LogP contribution < -0.4 is 0 Å². The molecule has 0 unspecified atom stereocenters. The first-order valence-corrected chi connectivity index (χ1v) is 31.2. The third kappa shape index (κ3) is 14.9. The fourth-order valence-electron chi connectivity index (χ4n) is 12.3. The summed E-state index contributed by atoms with van der Waals surface area (Å²) in [5.41, 5.74) is 29.8. The second-order valence-corrected chi connectivity index (χ2v) is 21.8. The summed E-state index contributed by atoms with van der Waals surface area (Å²) in [5.74, 6) is 0. The number of rotatable bonds is 11. The van der Waals surface area contributed by atoms with Crippen LogP contribution in [0.4, 0.5) is 0 Å². The maximum Gasteiger partial charge on any atom is 0.0713 e. The third-order valence-corrected chi connectivity index (χ3v) is 16.3. The predicted molar refractivity (Wildman–Crippen MR) is 370 cm³/mol. The number of allylic oxidation sites excluding steroid dienone is 13. The van der Waals surface area contributed by atoms with Crippen LogP contribution in [0.3, 0.4) is 0 Å². The normalized spacial score (nSPS) is 14.1. The average molecular weight is 1100 g/mol. The number of hydrogen-bond donors (Lipinski definition) is 0. The molecule has 0 aliphatic heterocycles. The molecular weight excluding hydrogens is 1010 g/mol. The second-order valence-electron chi connectivity index (χ2n) is 21.8. The quantitative estimate of drug-likeness (QED) is 0.113. The lowest BCUT2D eigenvalue weighted by Gasteiger charge is -2.35. The molecule has 0 fully saturated rings. The molecule has 0 nitrogen and oxygen atoms in total. The predicted octanol–water partition coefficient (Wildman–Crippen LogP) is 23.8. The van der Waals surface area contributed by atoms with Crippen LogP contribution in [0.25, 0.3) is 33.9 Å². The Morgan fingerprint density at radius 1 is 0.512 bits per heavy atom. The van der Waals surface area contributed by atoms with Crippen molar-refractivity contribution < 1.29 is 0 Å². The van der Waals surface area contributed by atoms with Gasteiger partial charge in [0.1, 0.15) is 0 Å². The van der Waals surface area contributed by atoms with E-state index in [9.17, 15) is 0 Å². The summed E-state index contributed by atoms with van der Waals surface area (Å²) in [4.78, 5) is 0. The zero-order valence-electron chi connectivity index (χ0n) is 52.4. The molecule has 84 heavy (non-hydrogen) atoms. The molecule has 0 atom stereocenters. The van der Waals surface area contributed by atoms with Gasteiger partial charge in [-0.25, -0.2) is 0 Å². The average Bonchev–Trinajstić information content (AvgIpc) is 1.62. The SMILES string of the molecule is C=C/C(C)=C(\C=C)C1=C(CCC)C(Cc2ccc3c(c2)C(c2ccccc2)(c2ccccc2)c2cc(C)c4c(c2-3)C=CCC4)=CCC1.CC.CC.Cc1ccc(-c2ccccc2)cc1C1=CCCC=C1.Cc1ccccc1.Cc1ccccc1. The maximum atomic E-state index is 4.21. The van der Waals surface area contributed by atoms with E-state index in [2.05, 4.69) is 249 Å². The molecule has 0 saturated heterocycles. The van der Waals surface area contributed by atoms with Crippen molar-refractivity contribution in [3.63, 3.8) is 0 Å². The van der Waals surface area contributed by atoms with Crippen LogP contribution in [0.5, 0.6) is 0 Å². The smallest absolute Gasteiger partial charge is 0.0713 e. The van der Waals surface area contributed by atoms with Gasteiger partial charge in [0.15, 0.2) is 0 Å². The molecular formula is C84H92. The van der Waals surface area contributed by atoms with Gasteiger partial charge in [0.25, 0.3) is 0 Å². The van der Waals surface area contributed by atoms with Crippen LogP contribution in [-0.4, -0.2) is 0 Å². The lowest BCUT2D eigenvalue weighted by Crippen LogP contribution is -2.29. The summed E-state index contributed by atoms with van der Waals surface area (Å²) in [5, 5.41) is 0. The maximum absolute atomic E-state index is 4.21. The first-order valence-electron chi connectivity index (χ1n) is 31.2. The van der Waals surface area contributed by atoms with Crippen molar-refractivity contribution in [3.8, 4) is 22.3 Å². The highest BCUT2D eigenvalue weighted by Gasteiger charge is 2.47. The standard InChI is InChI=1S/C47H46.C19H18.2C7H8.2C2H6/c1-6-18-40-35(19-17-26-41(40)38(8-3)32(4)7-2)30-34-27-28-43-44(31-34)47(36-20-11-9-12-21-36,37-22-13-10-14-23-37)45-29-33(5)39-24-15-16-25-42(39)46(43)45;1-15-12-13-18(16-8-4-2-5-9-16)14-19(15)17-10-6-3-7-11-17;2*1-7-5-3-2-4-6-7;2*1-2/h7-14,16,19-23,25,27-29,31H,2-3,6,15,17-18,24,26,30H2,1,4-5H3;2,4-6,8-14H,3,7H2,1H3;2*2-6H,1H3;2*1-2H3/b38-32+;;;;;. The van der Waals surface area contributed by atoms with Crippen molar-refractivity contribution in [2.45, 2.75) is 132 Å². The molecule has 0 bridgehead atoms. The Labute approximate surface area is 507 Å². The van der Waals surface area contributed by atoms with Crippen LogP contribution >= 0.6 is 0 Å². The summed E-state index contributed by atoms with van der Waals surface area (Å²) >= 11 is 0. The van der Waals surface area contributed by atoms with Crippen LogP contribution in [0.1, 0.15) is 153 Å². The molecule has 0 amide bonds. The summed E-state index contributed by atoms with van der Waals surface area (Å²) in [6.07, 6.45) is 28.0. The molecule has 8 aromatic rings. The lowest BCUT2D eigenvalue weighted by atomic mass is 9.67. The summed E-state index contributed by atoms with van der Waals surface area (Å²) in [7, 11) is 0. The largest absolute Gasteiger partial charge is 0.0988 e. The van der Waals surface area contributed by atoms with E-state index >= 15 is 0 Å². The van der Waals surface area contributed by atoms with E-state index in [0.717, 1.165) is 51.4 Å². The monoisotopic (exact) mass is 1100 g/mol. The minimum absolute atomic E-state index is 0.401. The lowest BCUT2D eigenvalue weighted by molar-refractivity contribution is 0.764. The van der Waals surface area contributed by atoms with Crippen molar-refractivity contribution in [3.05, 3.63) is 344 Å². The van der Waals surface area contributed by atoms with E-state index in [1.54, 1.807) is 0 Å². The second kappa shape index (κ2) is 31.9. The molecule has 0 saturated carbocycles. The molecule has 4 aliphatic rings. The van der Waals surface area contributed by atoms with E-state index < -0.39 is 5.41 Å². The van der Waals surface area contributed by atoms with Crippen molar-refractivity contribution in [2.24, 2.45) is 0 Å². The van der Waals surface area contributed by atoms with Crippen LogP contribution in [-0.2, 0) is 18.3 Å². The molecule has 8 aromatic carbocycles. The van der Waals surface area contributed by atoms with Gasteiger partial charge in [-0.2, -0.15) is 0 Å². The highest BCUT2D eigenvalue weighted by Crippen LogP contribution is 2.58. The van der Waals surface area contributed by atoms with Gasteiger partial charge in [0.05, 0.1) is 5.41 Å². The molecule has 0 spiro atoms. The zero-order valence-corrected chi connectivity index (χ0v) is 52.4. The number of fused-ring (bicyclic) bond motifs is 5. The molecule has 0 N–H and O–H groups in total. The first-order chi connectivity index (χ1) is 41.2. The summed E-state index contributed by atoms with van der Waals surface area (Å²) in [6, 6.07) is 70.3. The van der Waals surface area contributed by atoms with Gasteiger partial charge in [-0.05, 0) is 203 Å². The van der Waals surface area contributed by atoms with Gasteiger partial charge >= 0.3 is 0 Å². The summed E-state index contributed by atoms with van der Waals surface area (Å²) < 4.78 is 0. The van der Waals surface area contributed by atoms with Crippen molar-refractivity contribution in [1.29, 1.82) is 0 Å². The van der Waals surface area contributed by atoms with Crippen molar-refractivity contribution in [1.82, 2.24) is 0 Å². The molecule has 4 aliphatic carbocycles. The molecule has 12 rings (SSSR count). The highest BCUT2D eigenvalue weighted by atomic mass is 14.5. The van der Waals surface area contributed by atoms with E-state index in [-0.39, 0.29) is 0 Å². The van der Waals surface area contributed by atoms with Crippen LogP contribution in [0, 0.1) is 27.7 Å².